The minimum atomic E-state index is -3.49. The fraction of sp³-hybridized carbons (Fsp3) is 0.200. The van der Waals surface area contributed by atoms with Gasteiger partial charge in [-0.1, -0.05) is 48.1 Å². The van der Waals surface area contributed by atoms with Crippen LogP contribution < -0.4 is 0 Å². The minimum absolute atomic E-state index is 0.274. The molecule has 0 fully saturated rings. The van der Waals surface area contributed by atoms with Crippen LogP contribution in [0.2, 0.25) is 0 Å². The molecule has 0 bridgehead atoms. The first-order valence-electron chi connectivity index (χ1n) is 8.15. The van der Waals surface area contributed by atoms with Crippen LogP contribution in [0.1, 0.15) is 17.5 Å². The summed E-state index contributed by atoms with van der Waals surface area (Å²) in [6.07, 6.45) is 6.48. The van der Waals surface area contributed by atoms with E-state index < -0.39 is 10.0 Å². The number of halogens is 1. The molecule has 0 spiro atoms. The smallest absolute Gasteiger partial charge is 0.207 e. The highest BCUT2D eigenvalue weighted by atomic mass is 32.2. The van der Waals surface area contributed by atoms with E-state index in [1.807, 2.05) is 37.3 Å². The molecule has 2 aromatic carbocycles. The van der Waals surface area contributed by atoms with Crippen LogP contribution in [-0.4, -0.2) is 25.8 Å². The molecule has 0 saturated carbocycles. The Labute approximate surface area is 148 Å². The van der Waals surface area contributed by atoms with Gasteiger partial charge in [0, 0.05) is 13.1 Å². The third kappa shape index (κ3) is 4.24. The summed E-state index contributed by atoms with van der Waals surface area (Å²) >= 11 is 0. The maximum Gasteiger partial charge on any atom is 0.243 e. The van der Waals surface area contributed by atoms with Crippen molar-refractivity contribution < 1.29 is 12.8 Å². The Hall–Kier alpha value is -2.24. The highest BCUT2D eigenvalue weighted by molar-refractivity contribution is 7.89. The van der Waals surface area contributed by atoms with Gasteiger partial charge in [0.1, 0.15) is 5.82 Å². The molecule has 2 aromatic rings. The summed E-state index contributed by atoms with van der Waals surface area (Å²) in [6, 6.07) is 13.1. The molecule has 3 nitrogen and oxygen atoms in total. The molecule has 0 amide bonds. The second-order valence-electron chi connectivity index (χ2n) is 6.10. The van der Waals surface area contributed by atoms with Crippen LogP contribution in [-0.2, 0) is 10.0 Å². The molecule has 130 valence electrons. The zero-order chi connectivity index (χ0) is 17.9. The van der Waals surface area contributed by atoms with E-state index in [0.29, 0.717) is 24.4 Å². The van der Waals surface area contributed by atoms with Crippen LogP contribution >= 0.6 is 0 Å². The summed E-state index contributed by atoms with van der Waals surface area (Å²) in [5.74, 6) is -0.274. The van der Waals surface area contributed by atoms with Gasteiger partial charge in [-0.2, -0.15) is 4.31 Å². The maximum atomic E-state index is 12.9. The van der Waals surface area contributed by atoms with Crippen molar-refractivity contribution in [3.05, 3.63) is 83.2 Å². The monoisotopic (exact) mass is 357 g/mol. The molecule has 1 heterocycles. The predicted octanol–water partition coefficient (Wildman–Crippen LogP) is 4.17. The lowest BCUT2D eigenvalue weighted by molar-refractivity contribution is 0.431. The van der Waals surface area contributed by atoms with Gasteiger partial charge in [0.05, 0.1) is 4.90 Å². The van der Waals surface area contributed by atoms with Gasteiger partial charge in [-0.05, 0) is 48.7 Å². The van der Waals surface area contributed by atoms with Gasteiger partial charge in [0.15, 0.2) is 0 Å². The molecule has 0 unspecified atom stereocenters. The van der Waals surface area contributed by atoms with E-state index >= 15 is 0 Å². The summed E-state index contributed by atoms with van der Waals surface area (Å²) < 4.78 is 40.0. The Kier molecular flexibility index (Phi) is 5.16. The van der Waals surface area contributed by atoms with Gasteiger partial charge < -0.3 is 0 Å². The van der Waals surface area contributed by atoms with E-state index in [2.05, 4.69) is 0 Å². The van der Waals surface area contributed by atoms with Crippen molar-refractivity contribution in [1.82, 2.24) is 4.31 Å². The first kappa shape index (κ1) is 17.6. The fourth-order valence-corrected chi connectivity index (χ4v) is 4.15. The van der Waals surface area contributed by atoms with E-state index in [9.17, 15) is 12.8 Å². The SMILES string of the molecule is Cc1ccc(S(=O)(=O)N2CCC=C(/C=C/c3ccc(F)cc3)C2)cc1. The van der Waals surface area contributed by atoms with Crippen molar-refractivity contribution >= 4 is 16.1 Å². The van der Waals surface area contributed by atoms with Crippen molar-refractivity contribution in [3.63, 3.8) is 0 Å². The maximum absolute atomic E-state index is 12.9. The number of rotatable bonds is 4. The predicted molar refractivity (Wildman–Crippen MR) is 98.1 cm³/mol. The summed E-state index contributed by atoms with van der Waals surface area (Å²) in [4.78, 5) is 0.321. The molecule has 0 aliphatic carbocycles. The molecule has 5 heteroatoms. The average molecular weight is 357 g/mol. The Morgan fingerprint density at radius 2 is 1.68 bits per heavy atom. The standard InChI is InChI=1S/C20H20FNO2S/c1-16-4-12-20(13-5-16)25(23,24)22-14-2-3-18(15-22)7-6-17-8-10-19(21)11-9-17/h3-13H,2,14-15H2,1H3/b7-6+. The van der Waals surface area contributed by atoms with E-state index in [1.165, 1.54) is 16.4 Å². The zero-order valence-electron chi connectivity index (χ0n) is 14.0. The van der Waals surface area contributed by atoms with E-state index in [0.717, 1.165) is 16.7 Å². The van der Waals surface area contributed by atoms with Crippen LogP contribution in [0, 0.1) is 12.7 Å². The number of hydrogen-bond acceptors (Lipinski definition) is 2. The van der Waals surface area contributed by atoms with Crippen LogP contribution in [0.25, 0.3) is 6.08 Å². The summed E-state index contributed by atoms with van der Waals surface area (Å²) in [5, 5.41) is 0. The van der Waals surface area contributed by atoms with Gasteiger partial charge in [-0.3, -0.25) is 0 Å². The first-order chi connectivity index (χ1) is 11.9. The Morgan fingerprint density at radius 1 is 1.00 bits per heavy atom. The number of hydrogen-bond donors (Lipinski definition) is 0. The van der Waals surface area contributed by atoms with Gasteiger partial charge in [0.25, 0.3) is 0 Å². The van der Waals surface area contributed by atoms with Gasteiger partial charge >= 0.3 is 0 Å². The third-order valence-electron chi connectivity index (χ3n) is 4.16. The Morgan fingerprint density at radius 3 is 2.36 bits per heavy atom. The highest BCUT2D eigenvalue weighted by Gasteiger charge is 2.26. The van der Waals surface area contributed by atoms with Crippen LogP contribution in [0.3, 0.4) is 0 Å². The van der Waals surface area contributed by atoms with Crippen molar-refractivity contribution in [3.8, 4) is 0 Å². The lowest BCUT2D eigenvalue weighted by atomic mass is 10.1. The second kappa shape index (κ2) is 7.33. The minimum Gasteiger partial charge on any atom is -0.207 e. The number of nitrogens with zero attached hydrogens (tertiary/aromatic N) is 1. The topological polar surface area (TPSA) is 37.4 Å². The lowest BCUT2D eigenvalue weighted by Gasteiger charge is -2.25. The summed E-state index contributed by atoms with van der Waals surface area (Å²) in [7, 11) is -3.49. The molecule has 0 radical (unpaired) electrons. The number of sulfonamides is 1. The molecule has 1 aliphatic heterocycles. The number of aryl methyl sites for hydroxylation is 1. The second-order valence-corrected chi connectivity index (χ2v) is 8.04. The molecule has 25 heavy (non-hydrogen) atoms. The lowest BCUT2D eigenvalue weighted by Crippen LogP contribution is -2.35. The average Bonchev–Trinajstić information content (AvgIpc) is 2.62. The molecule has 3 rings (SSSR count). The largest absolute Gasteiger partial charge is 0.243 e. The normalized spacial score (nSPS) is 16.2. The highest BCUT2D eigenvalue weighted by Crippen LogP contribution is 2.22. The zero-order valence-corrected chi connectivity index (χ0v) is 14.8. The van der Waals surface area contributed by atoms with Gasteiger partial charge in [-0.25, -0.2) is 12.8 Å². The molecular weight excluding hydrogens is 337 g/mol. The molecule has 0 N–H and O–H groups in total. The van der Waals surface area contributed by atoms with Crippen molar-refractivity contribution in [2.24, 2.45) is 0 Å². The summed E-state index contributed by atoms with van der Waals surface area (Å²) in [5.41, 5.74) is 2.84. The van der Waals surface area contributed by atoms with Crippen LogP contribution in [0.5, 0.6) is 0 Å². The Bertz CT molecular complexity index is 898. The van der Waals surface area contributed by atoms with Crippen LogP contribution in [0.4, 0.5) is 4.39 Å². The fourth-order valence-electron chi connectivity index (χ4n) is 2.70. The third-order valence-corrected chi connectivity index (χ3v) is 6.02. The van der Waals surface area contributed by atoms with Crippen molar-refractivity contribution in [1.29, 1.82) is 0 Å². The molecule has 0 aromatic heterocycles. The van der Waals surface area contributed by atoms with E-state index in [4.69, 9.17) is 0 Å². The van der Waals surface area contributed by atoms with Gasteiger partial charge in [-0.15, -0.1) is 0 Å². The summed E-state index contributed by atoms with van der Waals surface area (Å²) in [6.45, 7) is 2.75. The van der Waals surface area contributed by atoms with Crippen LogP contribution in [0.15, 0.2) is 71.2 Å². The number of benzene rings is 2. The molecule has 0 atom stereocenters. The first-order valence-corrected chi connectivity index (χ1v) is 9.59. The van der Waals surface area contributed by atoms with E-state index in [1.54, 1.807) is 24.3 Å². The van der Waals surface area contributed by atoms with Crippen molar-refractivity contribution in [2.45, 2.75) is 18.2 Å². The van der Waals surface area contributed by atoms with Crippen molar-refractivity contribution in [2.75, 3.05) is 13.1 Å². The van der Waals surface area contributed by atoms with Gasteiger partial charge in [0.2, 0.25) is 10.0 Å². The van der Waals surface area contributed by atoms with E-state index in [-0.39, 0.29) is 5.82 Å². The molecule has 0 saturated heterocycles. The molecule has 1 aliphatic rings. The quantitative estimate of drug-likeness (QED) is 0.824. The Balaban J connectivity index is 1.75. The molecular formula is C20H20FNO2S.